The number of aryl methyl sites for hydroxylation is 1. The molecule has 1 heterocycles. The van der Waals surface area contributed by atoms with Crippen molar-refractivity contribution in [2.24, 2.45) is 4.99 Å². The standard InChI is InChI=1S/C24H35N5O/c1-19-15-23(28(3)4)10-9-20(19)16-26-24(25-2)27-17-21-7-5-6-8-22(21)18-29-11-13-30-14-12-29/h5-10,15H,11-14,16-18H2,1-4H3,(H2,25,26,27). The molecule has 0 radical (unpaired) electrons. The Morgan fingerprint density at radius 2 is 1.67 bits per heavy atom. The monoisotopic (exact) mass is 409 g/mol. The molecule has 1 aliphatic heterocycles. The molecule has 0 spiro atoms. The van der Waals surface area contributed by atoms with Crippen LogP contribution in [0.15, 0.2) is 47.5 Å². The van der Waals surface area contributed by atoms with Gasteiger partial charge in [-0.3, -0.25) is 9.89 Å². The Morgan fingerprint density at radius 3 is 2.30 bits per heavy atom. The van der Waals surface area contributed by atoms with Gasteiger partial charge in [0.2, 0.25) is 0 Å². The highest BCUT2D eigenvalue weighted by Crippen LogP contribution is 2.17. The fraction of sp³-hybridized carbons (Fsp3) is 0.458. The molecular weight excluding hydrogens is 374 g/mol. The average molecular weight is 410 g/mol. The number of benzene rings is 2. The maximum Gasteiger partial charge on any atom is 0.191 e. The number of rotatable bonds is 7. The van der Waals surface area contributed by atoms with E-state index < -0.39 is 0 Å². The van der Waals surface area contributed by atoms with Crippen molar-refractivity contribution in [2.45, 2.75) is 26.6 Å². The van der Waals surface area contributed by atoms with Crippen LogP contribution in [0, 0.1) is 6.92 Å². The molecular formula is C24H35N5O. The van der Waals surface area contributed by atoms with Gasteiger partial charge in [-0.05, 0) is 41.3 Å². The molecule has 30 heavy (non-hydrogen) atoms. The highest BCUT2D eigenvalue weighted by atomic mass is 16.5. The summed E-state index contributed by atoms with van der Waals surface area (Å²) in [6.45, 7) is 8.26. The lowest BCUT2D eigenvalue weighted by Gasteiger charge is -2.27. The summed E-state index contributed by atoms with van der Waals surface area (Å²) in [5, 5.41) is 6.91. The molecule has 0 saturated carbocycles. The molecule has 1 saturated heterocycles. The van der Waals surface area contributed by atoms with Crippen LogP contribution in [0.1, 0.15) is 22.3 Å². The Hall–Kier alpha value is -2.57. The van der Waals surface area contributed by atoms with Gasteiger partial charge in [0.05, 0.1) is 13.2 Å². The lowest BCUT2D eigenvalue weighted by Crippen LogP contribution is -2.37. The largest absolute Gasteiger partial charge is 0.379 e. The Morgan fingerprint density at radius 1 is 1.00 bits per heavy atom. The Bertz CT molecular complexity index is 843. The Labute approximate surface area is 180 Å². The molecule has 1 fully saturated rings. The smallest absolute Gasteiger partial charge is 0.191 e. The number of aliphatic imine (C=N–C) groups is 1. The maximum atomic E-state index is 5.47. The highest BCUT2D eigenvalue weighted by molar-refractivity contribution is 5.79. The van der Waals surface area contributed by atoms with E-state index in [1.54, 1.807) is 0 Å². The van der Waals surface area contributed by atoms with Crippen molar-refractivity contribution < 1.29 is 4.74 Å². The molecule has 2 N–H and O–H groups in total. The van der Waals surface area contributed by atoms with E-state index in [1.165, 1.54) is 27.9 Å². The summed E-state index contributed by atoms with van der Waals surface area (Å²) >= 11 is 0. The summed E-state index contributed by atoms with van der Waals surface area (Å²) in [7, 11) is 5.95. The van der Waals surface area contributed by atoms with Crippen molar-refractivity contribution in [1.29, 1.82) is 0 Å². The van der Waals surface area contributed by atoms with E-state index >= 15 is 0 Å². The number of morpholine rings is 1. The van der Waals surface area contributed by atoms with Crippen LogP contribution in [-0.2, 0) is 24.4 Å². The molecule has 2 aromatic carbocycles. The first-order chi connectivity index (χ1) is 14.6. The third-order valence-electron chi connectivity index (χ3n) is 5.57. The lowest BCUT2D eigenvalue weighted by atomic mass is 10.1. The van der Waals surface area contributed by atoms with Crippen LogP contribution in [0.5, 0.6) is 0 Å². The van der Waals surface area contributed by atoms with Crippen LogP contribution in [0.2, 0.25) is 0 Å². The first-order valence-electron chi connectivity index (χ1n) is 10.6. The Kier molecular flexibility index (Phi) is 8.11. The summed E-state index contributed by atoms with van der Waals surface area (Å²) < 4.78 is 5.47. The number of nitrogens with one attached hydrogen (secondary N) is 2. The molecule has 162 valence electrons. The number of guanidine groups is 1. The van der Waals surface area contributed by atoms with Crippen molar-refractivity contribution in [3.05, 3.63) is 64.7 Å². The number of hydrogen-bond acceptors (Lipinski definition) is 4. The molecule has 0 aliphatic carbocycles. The van der Waals surface area contributed by atoms with Crippen molar-refractivity contribution in [3.8, 4) is 0 Å². The Balaban J connectivity index is 1.56. The van der Waals surface area contributed by atoms with Gasteiger partial charge >= 0.3 is 0 Å². The SMILES string of the molecule is CN=C(NCc1ccc(N(C)C)cc1C)NCc1ccccc1CN1CCOCC1. The van der Waals surface area contributed by atoms with Crippen molar-refractivity contribution >= 4 is 11.6 Å². The average Bonchev–Trinajstić information content (AvgIpc) is 2.76. The fourth-order valence-electron chi connectivity index (χ4n) is 3.62. The quantitative estimate of drug-likeness (QED) is 0.544. The van der Waals surface area contributed by atoms with Gasteiger partial charge in [0, 0.05) is 59.6 Å². The van der Waals surface area contributed by atoms with E-state index in [9.17, 15) is 0 Å². The minimum atomic E-state index is 0.745. The van der Waals surface area contributed by atoms with Gasteiger partial charge in [-0.25, -0.2) is 0 Å². The molecule has 0 bridgehead atoms. The van der Waals surface area contributed by atoms with Crippen molar-refractivity contribution in [2.75, 3.05) is 52.3 Å². The number of hydrogen-bond donors (Lipinski definition) is 2. The lowest BCUT2D eigenvalue weighted by molar-refractivity contribution is 0.0341. The van der Waals surface area contributed by atoms with Crippen molar-refractivity contribution in [3.63, 3.8) is 0 Å². The summed E-state index contributed by atoms with van der Waals surface area (Å²) in [6.07, 6.45) is 0. The predicted molar refractivity (Wildman–Crippen MR) is 125 cm³/mol. The van der Waals surface area contributed by atoms with Gasteiger partial charge in [0.15, 0.2) is 5.96 Å². The van der Waals surface area contributed by atoms with Gasteiger partial charge in [0.1, 0.15) is 0 Å². The molecule has 6 nitrogen and oxygen atoms in total. The van der Waals surface area contributed by atoms with Gasteiger partial charge in [0.25, 0.3) is 0 Å². The second-order valence-corrected chi connectivity index (χ2v) is 7.94. The number of nitrogens with zero attached hydrogens (tertiary/aromatic N) is 3. The third-order valence-corrected chi connectivity index (χ3v) is 5.57. The summed E-state index contributed by atoms with van der Waals surface area (Å²) in [5.41, 5.74) is 6.43. The fourth-order valence-corrected chi connectivity index (χ4v) is 3.62. The van der Waals surface area contributed by atoms with Crippen LogP contribution < -0.4 is 15.5 Å². The zero-order valence-electron chi connectivity index (χ0n) is 18.7. The van der Waals surface area contributed by atoms with Gasteiger partial charge in [-0.15, -0.1) is 0 Å². The van der Waals surface area contributed by atoms with Crippen LogP contribution in [-0.4, -0.2) is 58.3 Å². The summed E-state index contributed by atoms with van der Waals surface area (Å²) in [5.74, 6) is 0.812. The van der Waals surface area contributed by atoms with Crippen molar-refractivity contribution in [1.82, 2.24) is 15.5 Å². The highest BCUT2D eigenvalue weighted by Gasteiger charge is 2.13. The van der Waals surface area contributed by atoms with E-state index in [4.69, 9.17) is 4.74 Å². The molecule has 1 aliphatic rings. The number of anilines is 1. The summed E-state index contributed by atoms with van der Waals surface area (Å²) in [4.78, 5) is 8.98. The van der Waals surface area contributed by atoms with Gasteiger partial charge in [-0.1, -0.05) is 30.3 Å². The van der Waals surface area contributed by atoms with Crippen LogP contribution in [0.25, 0.3) is 0 Å². The molecule has 0 amide bonds. The minimum Gasteiger partial charge on any atom is -0.379 e. The zero-order valence-corrected chi connectivity index (χ0v) is 18.7. The van der Waals surface area contributed by atoms with E-state index in [1.807, 2.05) is 7.05 Å². The number of ether oxygens (including phenoxy) is 1. The molecule has 2 aromatic rings. The first-order valence-corrected chi connectivity index (χ1v) is 10.6. The van der Waals surface area contributed by atoms with Crippen LogP contribution in [0.4, 0.5) is 5.69 Å². The molecule has 0 atom stereocenters. The topological polar surface area (TPSA) is 52.1 Å². The van der Waals surface area contributed by atoms with Gasteiger partial charge < -0.3 is 20.3 Å². The van der Waals surface area contributed by atoms with Crippen LogP contribution >= 0.6 is 0 Å². The second kappa shape index (κ2) is 11.0. The van der Waals surface area contributed by atoms with E-state index in [0.29, 0.717) is 0 Å². The van der Waals surface area contributed by atoms with E-state index in [0.717, 1.165) is 51.9 Å². The second-order valence-electron chi connectivity index (χ2n) is 7.94. The van der Waals surface area contributed by atoms with Crippen LogP contribution in [0.3, 0.4) is 0 Å². The molecule has 6 heteroatoms. The zero-order chi connectivity index (χ0) is 21.3. The molecule has 0 unspecified atom stereocenters. The van der Waals surface area contributed by atoms with E-state index in [-0.39, 0.29) is 0 Å². The van der Waals surface area contributed by atoms with Gasteiger partial charge in [-0.2, -0.15) is 0 Å². The maximum absolute atomic E-state index is 5.47. The molecule has 3 rings (SSSR count). The first kappa shape index (κ1) is 22.1. The minimum absolute atomic E-state index is 0.745. The third kappa shape index (κ3) is 6.21. The molecule has 0 aromatic heterocycles. The normalized spacial score (nSPS) is 15.1. The predicted octanol–water partition coefficient (Wildman–Crippen LogP) is 2.76. The summed E-state index contributed by atoms with van der Waals surface area (Å²) in [6, 6.07) is 15.2. The van der Waals surface area contributed by atoms with E-state index in [2.05, 4.69) is 88.9 Å².